The topological polar surface area (TPSA) is 106 Å². The first kappa shape index (κ1) is 22.6. The van der Waals surface area contributed by atoms with E-state index < -0.39 is 29.6 Å². The molecule has 0 spiro atoms. The number of ketones is 1. The molecule has 1 aromatic carbocycles. The molecule has 0 radical (unpaired) electrons. The molecule has 1 aliphatic rings. The van der Waals surface area contributed by atoms with Gasteiger partial charge in [0, 0.05) is 24.4 Å². The van der Waals surface area contributed by atoms with Crippen LogP contribution in [0.3, 0.4) is 0 Å². The summed E-state index contributed by atoms with van der Waals surface area (Å²) >= 11 is 0. The number of halogens is 4. The van der Waals surface area contributed by atoms with E-state index in [0.717, 1.165) is 24.4 Å². The summed E-state index contributed by atoms with van der Waals surface area (Å²) in [5, 5.41) is 4.97. The number of hydrogen-bond donors (Lipinski definition) is 2. The predicted octanol–water partition coefficient (Wildman–Crippen LogP) is 3.53. The van der Waals surface area contributed by atoms with Gasteiger partial charge in [-0.1, -0.05) is 6.08 Å². The SMILES string of the molecule is CNC(=O)C=C1CC=CC(=Nc2ncc(F)c(Nc3ccc(OC(F)(F)F)cc3)n2)C1=O. The lowest BCUT2D eigenvalue weighted by Crippen LogP contribution is -2.22. The summed E-state index contributed by atoms with van der Waals surface area (Å²) < 4.78 is 54.6. The highest BCUT2D eigenvalue weighted by molar-refractivity contribution is 6.51. The molecule has 32 heavy (non-hydrogen) atoms. The minimum atomic E-state index is -4.83. The normalized spacial score (nSPS) is 16.3. The number of amides is 1. The van der Waals surface area contributed by atoms with E-state index in [1.165, 1.54) is 25.3 Å². The van der Waals surface area contributed by atoms with E-state index in [-0.39, 0.29) is 35.2 Å². The molecule has 2 N–H and O–H groups in total. The van der Waals surface area contributed by atoms with Crippen LogP contribution >= 0.6 is 0 Å². The number of carbonyl (C=O) groups excluding carboxylic acids is 2. The van der Waals surface area contributed by atoms with Crippen LogP contribution in [0.4, 0.5) is 35.0 Å². The predicted molar refractivity (Wildman–Crippen MR) is 106 cm³/mol. The van der Waals surface area contributed by atoms with E-state index in [2.05, 4.69) is 30.3 Å². The smallest absolute Gasteiger partial charge is 0.406 e. The van der Waals surface area contributed by atoms with Gasteiger partial charge in [0.15, 0.2) is 11.6 Å². The van der Waals surface area contributed by atoms with Gasteiger partial charge < -0.3 is 15.4 Å². The molecule has 1 amide bonds. The molecule has 1 aromatic heterocycles. The van der Waals surface area contributed by atoms with Crippen molar-refractivity contribution in [2.24, 2.45) is 4.99 Å². The van der Waals surface area contributed by atoms with Gasteiger partial charge in [0.25, 0.3) is 5.95 Å². The zero-order valence-electron chi connectivity index (χ0n) is 16.4. The van der Waals surface area contributed by atoms with E-state index in [1.807, 2.05) is 0 Å². The van der Waals surface area contributed by atoms with Gasteiger partial charge in [0.2, 0.25) is 11.7 Å². The van der Waals surface area contributed by atoms with Gasteiger partial charge in [-0.15, -0.1) is 13.2 Å². The van der Waals surface area contributed by atoms with Crippen LogP contribution in [0.25, 0.3) is 0 Å². The third kappa shape index (κ3) is 5.97. The van der Waals surface area contributed by atoms with Gasteiger partial charge in [0.05, 0.1) is 6.20 Å². The molecule has 0 saturated heterocycles. The van der Waals surface area contributed by atoms with Crippen LogP contribution in [-0.4, -0.2) is 40.8 Å². The Morgan fingerprint density at radius 2 is 1.97 bits per heavy atom. The molecular formula is C20H15F4N5O3. The Balaban J connectivity index is 1.81. The highest BCUT2D eigenvalue weighted by atomic mass is 19.4. The quantitative estimate of drug-likeness (QED) is 0.535. The van der Waals surface area contributed by atoms with E-state index in [1.54, 1.807) is 6.08 Å². The fraction of sp³-hybridized carbons (Fsp3) is 0.150. The van der Waals surface area contributed by atoms with E-state index in [9.17, 15) is 27.2 Å². The average Bonchev–Trinajstić information content (AvgIpc) is 2.73. The molecular weight excluding hydrogens is 434 g/mol. The molecule has 12 heteroatoms. The van der Waals surface area contributed by atoms with Gasteiger partial charge in [0.1, 0.15) is 11.5 Å². The van der Waals surface area contributed by atoms with E-state index in [0.29, 0.717) is 0 Å². The monoisotopic (exact) mass is 449 g/mol. The van der Waals surface area contributed by atoms with Crippen molar-refractivity contribution in [1.29, 1.82) is 0 Å². The van der Waals surface area contributed by atoms with Crippen molar-refractivity contribution in [3.8, 4) is 5.75 Å². The number of rotatable bonds is 5. The van der Waals surface area contributed by atoms with Crippen molar-refractivity contribution in [2.45, 2.75) is 12.8 Å². The molecule has 0 fully saturated rings. The molecule has 0 saturated carbocycles. The first-order valence-corrected chi connectivity index (χ1v) is 9.02. The molecule has 0 aliphatic heterocycles. The van der Waals surface area contributed by atoms with Crippen molar-refractivity contribution < 1.29 is 31.9 Å². The number of Topliss-reactive ketones (excluding diaryl/α,β-unsaturated/α-hetero) is 1. The maximum atomic E-state index is 14.1. The van der Waals surface area contributed by atoms with Gasteiger partial charge in [-0.2, -0.15) is 4.98 Å². The largest absolute Gasteiger partial charge is 0.573 e. The zero-order chi connectivity index (χ0) is 23.3. The van der Waals surface area contributed by atoms with Crippen LogP contribution < -0.4 is 15.4 Å². The third-order valence-corrected chi connectivity index (χ3v) is 3.99. The number of alkyl halides is 3. The first-order valence-electron chi connectivity index (χ1n) is 9.02. The van der Waals surface area contributed by atoms with Gasteiger partial charge in [-0.3, -0.25) is 9.59 Å². The van der Waals surface area contributed by atoms with Crippen molar-refractivity contribution >= 4 is 34.9 Å². The van der Waals surface area contributed by atoms with Crippen molar-refractivity contribution in [3.05, 3.63) is 60.1 Å². The number of nitrogens with one attached hydrogen (secondary N) is 2. The highest BCUT2D eigenvalue weighted by Gasteiger charge is 2.31. The van der Waals surface area contributed by atoms with Gasteiger partial charge >= 0.3 is 6.36 Å². The molecule has 2 aromatic rings. The molecule has 0 atom stereocenters. The molecule has 3 rings (SSSR count). The Hall–Kier alpha value is -4.09. The molecule has 0 bridgehead atoms. The Labute approximate surface area is 178 Å². The van der Waals surface area contributed by atoms with Crippen LogP contribution in [0, 0.1) is 5.82 Å². The Morgan fingerprint density at radius 1 is 1.25 bits per heavy atom. The van der Waals surface area contributed by atoms with E-state index in [4.69, 9.17) is 0 Å². The number of anilines is 2. The summed E-state index contributed by atoms with van der Waals surface area (Å²) in [7, 11) is 1.43. The summed E-state index contributed by atoms with van der Waals surface area (Å²) in [4.78, 5) is 35.6. The number of aromatic nitrogens is 2. The highest BCUT2D eigenvalue weighted by Crippen LogP contribution is 2.26. The second kappa shape index (κ2) is 9.37. The zero-order valence-corrected chi connectivity index (χ0v) is 16.4. The minimum absolute atomic E-state index is 0.0439. The maximum absolute atomic E-state index is 14.1. The summed E-state index contributed by atoms with van der Waals surface area (Å²) in [5.41, 5.74) is 0.394. The summed E-state index contributed by atoms with van der Waals surface area (Å²) in [5.74, 6) is -2.79. The average molecular weight is 449 g/mol. The van der Waals surface area contributed by atoms with Crippen LogP contribution in [0.2, 0.25) is 0 Å². The molecule has 1 heterocycles. The minimum Gasteiger partial charge on any atom is -0.406 e. The van der Waals surface area contributed by atoms with Gasteiger partial charge in [-0.25, -0.2) is 14.4 Å². The Kier molecular flexibility index (Phi) is 6.61. The number of ether oxygens (including phenoxy) is 1. The second-order valence-corrected chi connectivity index (χ2v) is 6.28. The number of benzene rings is 1. The summed E-state index contributed by atoms with van der Waals surface area (Å²) in [6, 6.07) is 4.55. The van der Waals surface area contributed by atoms with Crippen molar-refractivity contribution in [1.82, 2.24) is 15.3 Å². The van der Waals surface area contributed by atoms with Crippen LogP contribution in [0.15, 0.2) is 59.3 Å². The van der Waals surface area contributed by atoms with Crippen LogP contribution in [-0.2, 0) is 9.59 Å². The first-order chi connectivity index (χ1) is 15.1. The lowest BCUT2D eigenvalue weighted by Gasteiger charge is -2.11. The van der Waals surface area contributed by atoms with Crippen molar-refractivity contribution in [2.75, 3.05) is 12.4 Å². The molecule has 8 nitrogen and oxygen atoms in total. The number of aliphatic imine (C=N–C) groups is 1. The van der Waals surface area contributed by atoms with E-state index >= 15 is 0 Å². The lowest BCUT2D eigenvalue weighted by atomic mass is 9.97. The summed E-state index contributed by atoms with van der Waals surface area (Å²) in [6.07, 6.45) is 0.462. The standard InChI is InChI=1S/C20H15F4N5O3/c1-25-16(30)9-11-3-2-4-15(17(11)31)28-19-26-10-14(21)18(29-19)27-12-5-7-13(8-6-12)32-20(22,23)24/h2,4-10H,3H2,1H3,(H,25,30)(H,26,27,29). The Bertz CT molecular complexity index is 1130. The van der Waals surface area contributed by atoms with Crippen LogP contribution in [0.5, 0.6) is 5.75 Å². The fourth-order valence-electron chi connectivity index (χ4n) is 2.56. The second-order valence-electron chi connectivity index (χ2n) is 6.28. The molecule has 166 valence electrons. The van der Waals surface area contributed by atoms with Crippen molar-refractivity contribution in [3.63, 3.8) is 0 Å². The number of allylic oxidation sites excluding steroid dienone is 3. The third-order valence-electron chi connectivity index (χ3n) is 3.99. The number of carbonyl (C=O) groups is 2. The molecule has 0 unspecified atom stereocenters. The van der Waals surface area contributed by atoms with Crippen LogP contribution in [0.1, 0.15) is 6.42 Å². The number of likely N-dealkylation sites (N-methyl/N-ethyl adjacent to an activating group) is 1. The lowest BCUT2D eigenvalue weighted by molar-refractivity contribution is -0.274. The molecule has 1 aliphatic carbocycles. The number of nitrogens with zero attached hydrogens (tertiary/aromatic N) is 3. The summed E-state index contributed by atoms with van der Waals surface area (Å²) in [6.45, 7) is 0. The maximum Gasteiger partial charge on any atom is 0.573 e. The Morgan fingerprint density at radius 3 is 2.62 bits per heavy atom. The fourth-order valence-corrected chi connectivity index (χ4v) is 2.56. The van der Waals surface area contributed by atoms with Gasteiger partial charge in [-0.05, 0) is 36.8 Å². The number of hydrogen-bond acceptors (Lipinski definition) is 7.